The number of benzene rings is 2. The molecule has 0 unspecified atom stereocenters. The van der Waals surface area contributed by atoms with Crippen molar-refractivity contribution < 1.29 is 18.4 Å². The Morgan fingerprint density at radius 2 is 1.61 bits per heavy atom. The summed E-state index contributed by atoms with van der Waals surface area (Å²) in [6, 6.07) is 15.9. The van der Waals surface area contributed by atoms with Gasteiger partial charge in [-0.1, -0.05) is 0 Å². The third-order valence-electron chi connectivity index (χ3n) is 3.61. The van der Waals surface area contributed by atoms with E-state index in [1.54, 1.807) is 54.8 Å². The van der Waals surface area contributed by atoms with Gasteiger partial charge in [0, 0.05) is 16.3 Å². The van der Waals surface area contributed by atoms with E-state index < -0.39 is 0 Å². The standard InChI is InChI=1S/C20H18FN3O3S/c21-14-3-9-18(10-4-14)28-13-19(25)23-15-5-7-16(8-6-15)24-20(26)22-12-17-2-1-11-27-17/h1-11H,12-13H2,(H,23,25)(H2,22,24,26). The SMILES string of the molecule is O=C(CSc1ccc(F)cc1)Nc1ccc(NC(=O)NCc2ccco2)cc1. The molecule has 0 fully saturated rings. The average Bonchev–Trinajstić information content (AvgIpc) is 3.21. The topological polar surface area (TPSA) is 83.4 Å². The molecule has 0 aliphatic carbocycles. The summed E-state index contributed by atoms with van der Waals surface area (Å²) in [6.45, 7) is 0.290. The Morgan fingerprint density at radius 3 is 2.25 bits per heavy atom. The summed E-state index contributed by atoms with van der Waals surface area (Å²) < 4.78 is 18.0. The van der Waals surface area contributed by atoms with Crippen LogP contribution in [-0.4, -0.2) is 17.7 Å². The number of carbonyl (C=O) groups is 2. The van der Waals surface area contributed by atoms with Crippen LogP contribution in [0, 0.1) is 5.82 Å². The predicted molar refractivity (Wildman–Crippen MR) is 107 cm³/mol. The highest BCUT2D eigenvalue weighted by Gasteiger charge is 2.06. The lowest BCUT2D eigenvalue weighted by Gasteiger charge is -2.09. The molecule has 6 nitrogen and oxygen atoms in total. The van der Waals surface area contributed by atoms with Crippen LogP contribution in [0.3, 0.4) is 0 Å². The Morgan fingerprint density at radius 1 is 0.929 bits per heavy atom. The second-order valence-corrected chi connectivity index (χ2v) is 6.80. The number of furan rings is 1. The van der Waals surface area contributed by atoms with E-state index in [2.05, 4.69) is 16.0 Å². The molecule has 0 atom stereocenters. The van der Waals surface area contributed by atoms with Gasteiger partial charge in [0.2, 0.25) is 5.91 Å². The fraction of sp³-hybridized carbons (Fsp3) is 0.100. The lowest BCUT2D eigenvalue weighted by molar-refractivity contribution is -0.113. The zero-order valence-electron chi connectivity index (χ0n) is 14.8. The molecule has 0 aliphatic rings. The molecule has 28 heavy (non-hydrogen) atoms. The van der Waals surface area contributed by atoms with E-state index in [-0.39, 0.29) is 23.5 Å². The molecular weight excluding hydrogens is 381 g/mol. The first-order chi connectivity index (χ1) is 13.6. The Labute approximate surface area is 165 Å². The number of thioether (sulfide) groups is 1. The Bertz CT molecular complexity index is 913. The van der Waals surface area contributed by atoms with Crippen molar-refractivity contribution in [3.05, 3.63) is 78.5 Å². The summed E-state index contributed by atoms with van der Waals surface area (Å²) in [6.07, 6.45) is 1.54. The van der Waals surface area contributed by atoms with Gasteiger partial charge in [-0.05, 0) is 60.7 Å². The summed E-state index contributed by atoms with van der Waals surface area (Å²) in [4.78, 5) is 24.7. The van der Waals surface area contributed by atoms with Gasteiger partial charge in [-0.15, -0.1) is 11.8 Å². The Kier molecular flexibility index (Phi) is 6.69. The minimum Gasteiger partial charge on any atom is -0.467 e. The van der Waals surface area contributed by atoms with Gasteiger partial charge in [0.05, 0.1) is 18.6 Å². The van der Waals surface area contributed by atoms with Gasteiger partial charge in [0.15, 0.2) is 0 Å². The highest BCUT2D eigenvalue weighted by atomic mass is 32.2. The maximum absolute atomic E-state index is 12.9. The quantitative estimate of drug-likeness (QED) is 0.512. The zero-order chi connectivity index (χ0) is 19.8. The fourth-order valence-electron chi connectivity index (χ4n) is 2.27. The lowest BCUT2D eigenvalue weighted by Crippen LogP contribution is -2.27. The highest BCUT2D eigenvalue weighted by molar-refractivity contribution is 8.00. The normalized spacial score (nSPS) is 10.3. The van der Waals surface area contributed by atoms with Crippen molar-refractivity contribution in [3.63, 3.8) is 0 Å². The molecule has 0 saturated heterocycles. The predicted octanol–water partition coefficient (Wildman–Crippen LogP) is 4.47. The van der Waals surface area contributed by atoms with Gasteiger partial charge >= 0.3 is 6.03 Å². The molecule has 0 saturated carbocycles. The van der Waals surface area contributed by atoms with Crippen LogP contribution in [0.25, 0.3) is 0 Å². The summed E-state index contributed by atoms with van der Waals surface area (Å²) in [5, 5.41) is 8.15. The van der Waals surface area contributed by atoms with Crippen molar-refractivity contribution in [2.45, 2.75) is 11.4 Å². The number of nitrogens with one attached hydrogen (secondary N) is 3. The van der Waals surface area contributed by atoms with Crippen LogP contribution in [0.5, 0.6) is 0 Å². The van der Waals surface area contributed by atoms with Crippen LogP contribution >= 0.6 is 11.8 Å². The van der Waals surface area contributed by atoms with E-state index in [9.17, 15) is 14.0 Å². The average molecular weight is 399 g/mol. The van der Waals surface area contributed by atoms with E-state index in [4.69, 9.17) is 4.42 Å². The molecule has 1 heterocycles. The summed E-state index contributed by atoms with van der Waals surface area (Å²) in [7, 11) is 0. The lowest BCUT2D eigenvalue weighted by atomic mass is 10.3. The molecule has 3 N–H and O–H groups in total. The fourth-order valence-corrected chi connectivity index (χ4v) is 2.97. The van der Waals surface area contributed by atoms with Crippen LogP contribution in [0.4, 0.5) is 20.6 Å². The molecule has 3 amide bonds. The number of anilines is 2. The smallest absolute Gasteiger partial charge is 0.319 e. The van der Waals surface area contributed by atoms with Gasteiger partial charge in [0.25, 0.3) is 0 Å². The highest BCUT2D eigenvalue weighted by Crippen LogP contribution is 2.19. The molecular formula is C20H18FN3O3S. The third-order valence-corrected chi connectivity index (χ3v) is 4.63. The molecule has 0 aliphatic heterocycles. The maximum atomic E-state index is 12.9. The number of carbonyl (C=O) groups excluding carboxylic acids is 2. The zero-order valence-corrected chi connectivity index (χ0v) is 15.6. The van der Waals surface area contributed by atoms with Gasteiger partial charge in [-0.25, -0.2) is 9.18 Å². The van der Waals surface area contributed by atoms with Crippen molar-refractivity contribution in [2.24, 2.45) is 0 Å². The van der Waals surface area contributed by atoms with Crippen molar-refractivity contribution in [1.29, 1.82) is 0 Å². The van der Waals surface area contributed by atoms with Gasteiger partial charge in [0.1, 0.15) is 11.6 Å². The van der Waals surface area contributed by atoms with Crippen LogP contribution < -0.4 is 16.0 Å². The maximum Gasteiger partial charge on any atom is 0.319 e. The van der Waals surface area contributed by atoms with E-state index in [0.717, 1.165) is 4.90 Å². The van der Waals surface area contributed by atoms with Gasteiger partial charge < -0.3 is 20.4 Å². The third kappa shape index (κ3) is 6.17. The van der Waals surface area contributed by atoms with Crippen molar-refractivity contribution >= 4 is 35.1 Å². The molecule has 144 valence electrons. The number of halogens is 1. The van der Waals surface area contributed by atoms with Gasteiger partial charge in [-0.3, -0.25) is 4.79 Å². The largest absolute Gasteiger partial charge is 0.467 e. The summed E-state index contributed by atoms with van der Waals surface area (Å²) >= 11 is 1.32. The van der Waals surface area contributed by atoms with E-state index >= 15 is 0 Å². The van der Waals surface area contributed by atoms with Gasteiger partial charge in [-0.2, -0.15) is 0 Å². The molecule has 3 aromatic rings. The number of amides is 3. The number of rotatable bonds is 7. The minimum absolute atomic E-state index is 0.175. The van der Waals surface area contributed by atoms with Crippen LogP contribution in [0.1, 0.15) is 5.76 Å². The number of hydrogen-bond acceptors (Lipinski definition) is 4. The minimum atomic E-state index is -0.358. The van der Waals surface area contributed by atoms with Crippen molar-refractivity contribution in [3.8, 4) is 0 Å². The molecule has 0 bridgehead atoms. The van der Waals surface area contributed by atoms with Crippen molar-refractivity contribution in [2.75, 3.05) is 16.4 Å². The van der Waals surface area contributed by atoms with E-state index in [1.165, 1.54) is 23.9 Å². The Hall–Kier alpha value is -3.26. The first-order valence-corrected chi connectivity index (χ1v) is 9.42. The molecule has 8 heteroatoms. The number of urea groups is 1. The second kappa shape index (κ2) is 9.61. The second-order valence-electron chi connectivity index (χ2n) is 5.76. The Balaban J connectivity index is 1.42. The van der Waals surface area contributed by atoms with Crippen LogP contribution in [0.2, 0.25) is 0 Å². The summed E-state index contributed by atoms with van der Waals surface area (Å²) in [5.41, 5.74) is 1.21. The number of hydrogen-bond donors (Lipinski definition) is 3. The van der Waals surface area contributed by atoms with E-state index in [1.807, 2.05) is 0 Å². The molecule has 1 aromatic heterocycles. The molecule has 0 radical (unpaired) electrons. The summed E-state index contributed by atoms with van der Waals surface area (Å²) in [5.74, 6) is 0.385. The molecule has 3 rings (SSSR count). The molecule has 2 aromatic carbocycles. The first kappa shape index (κ1) is 19.5. The van der Waals surface area contributed by atoms with Crippen LogP contribution in [-0.2, 0) is 11.3 Å². The van der Waals surface area contributed by atoms with E-state index in [0.29, 0.717) is 23.7 Å². The first-order valence-electron chi connectivity index (χ1n) is 8.44. The molecule has 0 spiro atoms. The van der Waals surface area contributed by atoms with Crippen molar-refractivity contribution in [1.82, 2.24) is 5.32 Å². The van der Waals surface area contributed by atoms with Crippen LogP contribution in [0.15, 0.2) is 76.2 Å². The monoisotopic (exact) mass is 399 g/mol.